The van der Waals surface area contributed by atoms with Gasteiger partial charge in [0.05, 0.1) is 42.5 Å². The number of esters is 2. The van der Waals surface area contributed by atoms with Crippen molar-refractivity contribution in [3.05, 3.63) is 24.3 Å². The number of cyclic esters (lactones) is 1. The van der Waals surface area contributed by atoms with Crippen molar-refractivity contribution < 1.29 is 67.6 Å². The number of allylic oxidation sites excluding steroid dienone is 2. The van der Waals surface area contributed by atoms with Crippen LogP contribution in [0.1, 0.15) is 99.8 Å². The molecule has 16 atom stereocenters. The monoisotopic (exact) mass is 813 g/mol. The molecule has 57 heavy (non-hydrogen) atoms. The lowest BCUT2D eigenvalue weighted by molar-refractivity contribution is -0.345. The first-order chi connectivity index (χ1) is 27.0. The molecule has 0 aliphatic carbocycles. The Labute approximate surface area is 339 Å². The fourth-order valence-corrected chi connectivity index (χ4v) is 8.04. The van der Waals surface area contributed by atoms with Crippen LogP contribution in [0.4, 0.5) is 0 Å². The topological polar surface area (TPSA) is 189 Å². The normalized spacial score (nSPS) is 41.2. The molecule has 0 radical (unpaired) electrons. The number of methoxy groups -OCH3 is 1. The Morgan fingerprint density at radius 2 is 1.75 bits per heavy atom. The number of hydrogen-bond acceptors (Lipinski definition) is 15. The maximum atomic E-state index is 13.3. The molecule has 3 aliphatic heterocycles. The summed E-state index contributed by atoms with van der Waals surface area (Å²) >= 11 is 0. The predicted octanol–water partition coefficient (Wildman–Crippen LogP) is 3.63. The van der Waals surface area contributed by atoms with Gasteiger partial charge in [-0.2, -0.15) is 0 Å². The van der Waals surface area contributed by atoms with Crippen LogP contribution in [0.5, 0.6) is 0 Å². The van der Waals surface area contributed by atoms with Crippen LogP contribution in [-0.4, -0.2) is 152 Å². The standard InChI is InChI=1S/C42H71NO14/c1-11-13-21-51-40-28(6)53-34(24-42(40,7)49)56-37-27(5)54-41(36(48)35(37)43(8)9)57-38-29(19-20-44)22-25(3)30(45)18-16-14-15-17-26(4)52-33(47)23-31(39(38)50-10)55-32(46)12-2/h14-16,18,20,25-31,34-41,45,48-49H,11-13,17,19,21-24H2,1-10H3/b15-14+,18-16+/t25-,26-,27-,28+,29?,30+,31?,34+,35-,36-,37-,38+,39+,40+,41+,42-/m1/s1. The van der Waals surface area contributed by atoms with E-state index in [4.69, 9.17) is 37.9 Å². The summed E-state index contributed by atoms with van der Waals surface area (Å²) in [5, 5.41) is 34.6. The zero-order chi connectivity index (χ0) is 42.4. The Balaban J connectivity index is 2.00. The molecule has 0 aromatic heterocycles. The number of aliphatic hydroxyl groups is 3. The van der Waals surface area contributed by atoms with Gasteiger partial charge in [-0.05, 0) is 66.5 Å². The number of carbonyl (C=O) groups is 3. The van der Waals surface area contributed by atoms with E-state index in [0.717, 1.165) is 19.1 Å². The van der Waals surface area contributed by atoms with Crippen LogP contribution in [-0.2, 0) is 52.3 Å². The van der Waals surface area contributed by atoms with Gasteiger partial charge in [0.25, 0.3) is 0 Å². The molecule has 2 unspecified atom stereocenters. The number of ether oxygens (including phenoxy) is 8. The van der Waals surface area contributed by atoms with Gasteiger partial charge in [0.2, 0.25) is 0 Å². The zero-order valence-electron chi connectivity index (χ0n) is 35.7. The molecule has 3 rings (SSSR count). The number of rotatable bonds is 14. The minimum absolute atomic E-state index is 0.0152. The van der Waals surface area contributed by atoms with E-state index in [1.807, 2.05) is 19.9 Å². The minimum atomic E-state index is -1.34. The molecule has 0 spiro atoms. The molecule has 328 valence electrons. The fraction of sp³-hybridized carbons (Fsp3) is 0.833. The summed E-state index contributed by atoms with van der Waals surface area (Å²) in [5.74, 6) is -2.27. The maximum absolute atomic E-state index is 13.3. The van der Waals surface area contributed by atoms with Gasteiger partial charge >= 0.3 is 11.9 Å². The summed E-state index contributed by atoms with van der Waals surface area (Å²) in [4.78, 5) is 40.3. The van der Waals surface area contributed by atoms with Crippen LogP contribution in [0, 0.1) is 11.8 Å². The lowest BCUT2D eigenvalue weighted by Gasteiger charge is -2.50. The third-order valence-corrected chi connectivity index (χ3v) is 11.1. The largest absolute Gasteiger partial charge is 0.462 e. The van der Waals surface area contributed by atoms with Crippen molar-refractivity contribution in [1.29, 1.82) is 0 Å². The number of aldehydes is 1. The molecular weight excluding hydrogens is 742 g/mol. The number of nitrogens with zero attached hydrogens (tertiary/aromatic N) is 1. The van der Waals surface area contributed by atoms with Gasteiger partial charge in [0.1, 0.15) is 42.9 Å². The Kier molecular flexibility index (Phi) is 20.2. The highest BCUT2D eigenvalue weighted by molar-refractivity contribution is 5.72. The van der Waals surface area contributed by atoms with Crippen LogP contribution in [0.3, 0.4) is 0 Å². The van der Waals surface area contributed by atoms with Crippen molar-refractivity contribution in [2.45, 2.75) is 185 Å². The Hall–Kier alpha value is -2.31. The van der Waals surface area contributed by atoms with E-state index in [0.29, 0.717) is 13.0 Å². The van der Waals surface area contributed by atoms with Crippen molar-refractivity contribution in [2.75, 3.05) is 27.8 Å². The van der Waals surface area contributed by atoms with E-state index < -0.39 is 103 Å². The van der Waals surface area contributed by atoms with E-state index in [1.165, 1.54) is 7.11 Å². The number of likely N-dealkylation sites (N-methyl/N-ethyl adjacent to an activating group) is 1. The average Bonchev–Trinajstić information content (AvgIpc) is 3.13. The Morgan fingerprint density at radius 3 is 2.37 bits per heavy atom. The summed E-state index contributed by atoms with van der Waals surface area (Å²) in [6, 6.07) is -0.720. The second-order valence-electron chi connectivity index (χ2n) is 16.3. The van der Waals surface area contributed by atoms with Crippen molar-refractivity contribution in [1.82, 2.24) is 4.90 Å². The first-order valence-electron chi connectivity index (χ1n) is 20.6. The molecule has 2 fully saturated rings. The molecule has 0 amide bonds. The molecule has 0 aromatic rings. The second kappa shape index (κ2) is 23.5. The summed E-state index contributed by atoms with van der Waals surface area (Å²) in [6.45, 7) is 13.1. The zero-order valence-corrected chi connectivity index (χ0v) is 35.7. The van der Waals surface area contributed by atoms with E-state index in [2.05, 4.69) is 6.92 Å². The highest BCUT2D eigenvalue weighted by Gasteiger charge is 2.52. The van der Waals surface area contributed by atoms with Gasteiger partial charge in [-0.1, -0.05) is 51.5 Å². The molecule has 3 aliphatic rings. The molecule has 3 heterocycles. The van der Waals surface area contributed by atoms with E-state index in [-0.39, 0.29) is 38.0 Å². The van der Waals surface area contributed by atoms with Crippen LogP contribution >= 0.6 is 0 Å². The van der Waals surface area contributed by atoms with Gasteiger partial charge in [-0.3, -0.25) is 9.59 Å². The summed E-state index contributed by atoms with van der Waals surface area (Å²) in [6.07, 6.45) is -1.01. The SMILES string of the molecule is CCCCO[C@H]1[C@H](C)O[C@@H](O[C@H]2[C@H](N(C)C)[C@@H](O)[C@H](O[C@H]3C(CC=O)C[C@@H](C)[C@@H](O)/C=C/C=C/C[C@@H](C)OC(=O)CC(OC(=O)CC)[C@@H]3OC)O[C@@H]2C)C[C@@]1(C)O. The van der Waals surface area contributed by atoms with Gasteiger partial charge in [0.15, 0.2) is 12.6 Å². The smallest absolute Gasteiger partial charge is 0.309 e. The number of carbonyl (C=O) groups excluding carboxylic acids is 3. The highest BCUT2D eigenvalue weighted by Crippen LogP contribution is 2.37. The van der Waals surface area contributed by atoms with Gasteiger partial charge in [0, 0.05) is 39.4 Å². The van der Waals surface area contributed by atoms with E-state index in [9.17, 15) is 29.7 Å². The first-order valence-corrected chi connectivity index (χ1v) is 20.6. The van der Waals surface area contributed by atoms with Gasteiger partial charge in [-0.25, -0.2) is 0 Å². The third kappa shape index (κ3) is 14.1. The minimum Gasteiger partial charge on any atom is -0.462 e. The maximum Gasteiger partial charge on any atom is 0.309 e. The summed E-state index contributed by atoms with van der Waals surface area (Å²) < 4.78 is 49.4. The number of hydrogen-bond donors (Lipinski definition) is 3. The number of unbranched alkanes of at least 4 members (excludes halogenated alkanes) is 1. The molecule has 0 saturated carbocycles. The summed E-state index contributed by atoms with van der Waals surface area (Å²) in [7, 11) is 4.96. The lowest BCUT2D eigenvalue weighted by Crippen LogP contribution is -2.66. The Bertz CT molecular complexity index is 1290. The highest BCUT2D eigenvalue weighted by atomic mass is 16.7. The fourth-order valence-electron chi connectivity index (χ4n) is 8.04. The van der Waals surface area contributed by atoms with Crippen LogP contribution in [0.2, 0.25) is 0 Å². The van der Waals surface area contributed by atoms with Crippen LogP contribution in [0.25, 0.3) is 0 Å². The molecule has 0 aromatic carbocycles. The Morgan fingerprint density at radius 1 is 1.04 bits per heavy atom. The van der Waals surface area contributed by atoms with Crippen LogP contribution in [0.15, 0.2) is 24.3 Å². The average molecular weight is 814 g/mol. The molecule has 3 N–H and O–H groups in total. The van der Waals surface area contributed by atoms with Crippen molar-refractivity contribution >= 4 is 18.2 Å². The second-order valence-corrected chi connectivity index (χ2v) is 16.3. The van der Waals surface area contributed by atoms with E-state index in [1.54, 1.807) is 64.9 Å². The molecule has 15 nitrogen and oxygen atoms in total. The van der Waals surface area contributed by atoms with Crippen molar-refractivity contribution in [3.63, 3.8) is 0 Å². The van der Waals surface area contributed by atoms with Gasteiger partial charge < -0.3 is 62.9 Å². The summed E-state index contributed by atoms with van der Waals surface area (Å²) in [5.41, 5.74) is -1.25. The third-order valence-electron chi connectivity index (χ3n) is 11.1. The predicted molar refractivity (Wildman–Crippen MR) is 210 cm³/mol. The molecular formula is C42H71NO14. The lowest BCUT2D eigenvalue weighted by atomic mass is 9.82. The van der Waals surface area contributed by atoms with Gasteiger partial charge in [-0.15, -0.1) is 0 Å². The number of aliphatic hydroxyl groups excluding tert-OH is 2. The first kappa shape index (κ1) is 49.1. The molecule has 2 saturated heterocycles. The molecule has 0 bridgehead atoms. The quantitative estimate of drug-likeness (QED) is 0.131. The van der Waals surface area contributed by atoms with Crippen molar-refractivity contribution in [2.24, 2.45) is 11.8 Å². The van der Waals surface area contributed by atoms with Crippen LogP contribution < -0.4 is 0 Å². The van der Waals surface area contributed by atoms with Crippen molar-refractivity contribution in [3.8, 4) is 0 Å². The van der Waals surface area contributed by atoms with E-state index >= 15 is 0 Å². The molecule has 15 heteroatoms.